The zero-order chi connectivity index (χ0) is 9.84. The molecule has 1 nitrogen and oxygen atoms in total. The number of thioether (sulfide) groups is 1. The molecule has 1 aliphatic rings. The Labute approximate surface area is 87.1 Å². The molecule has 1 saturated heterocycles. The molecular weight excluding hydrogens is 178 g/mol. The Morgan fingerprint density at radius 2 is 1.69 bits per heavy atom. The van der Waals surface area contributed by atoms with Crippen LogP contribution in [0, 0.1) is 17.8 Å². The van der Waals surface area contributed by atoms with E-state index in [4.69, 9.17) is 0 Å². The standard InChI is InChI=1S/C11H23NS/c1-8(2)11(9(3)4)5-12-10-6-13-7-10/h8-12H,5-7H2,1-4H3. The Hall–Kier alpha value is 0.310. The molecule has 0 aliphatic carbocycles. The first kappa shape index (κ1) is 11.4. The molecule has 0 aromatic carbocycles. The molecule has 2 heteroatoms. The molecule has 0 saturated carbocycles. The van der Waals surface area contributed by atoms with Gasteiger partial charge >= 0.3 is 0 Å². The second kappa shape index (κ2) is 5.26. The van der Waals surface area contributed by atoms with Crippen LogP contribution in [-0.2, 0) is 0 Å². The van der Waals surface area contributed by atoms with E-state index in [1.807, 2.05) is 0 Å². The van der Waals surface area contributed by atoms with Gasteiger partial charge in [-0.15, -0.1) is 0 Å². The zero-order valence-corrected chi connectivity index (χ0v) is 10.2. The predicted molar refractivity (Wildman–Crippen MR) is 62.3 cm³/mol. The molecule has 0 bridgehead atoms. The fraction of sp³-hybridized carbons (Fsp3) is 1.00. The van der Waals surface area contributed by atoms with E-state index in [2.05, 4.69) is 44.8 Å². The molecule has 0 aromatic heterocycles. The molecule has 1 fully saturated rings. The fourth-order valence-corrected chi connectivity index (χ4v) is 2.60. The SMILES string of the molecule is CC(C)C(CNC1CSC1)C(C)C. The molecule has 1 heterocycles. The van der Waals surface area contributed by atoms with Gasteiger partial charge < -0.3 is 5.32 Å². The molecule has 0 atom stereocenters. The van der Waals surface area contributed by atoms with Gasteiger partial charge in [0.1, 0.15) is 0 Å². The Morgan fingerprint density at radius 1 is 1.15 bits per heavy atom. The van der Waals surface area contributed by atoms with Crippen molar-refractivity contribution in [2.45, 2.75) is 33.7 Å². The van der Waals surface area contributed by atoms with Crippen molar-refractivity contribution in [1.29, 1.82) is 0 Å². The van der Waals surface area contributed by atoms with Crippen LogP contribution in [0.4, 0.5) is 0 Å². The smallest absolute Gasteiger partial charge is 0.0248 e. The molecule has 1 aliphatic heterocycles. The third kappa shape index (κ3) is 3.51. The van der Waals surface area contributed by atoms with Gasteiger partial charge in [0.15, 0.2) is 0 Å². The summed E-state index contributed by atoms with van der Waals surface area (Å²) in [7, 11) is 0. The maximum Gasteiger partial charge on any atom is 0.0248 e. The lowest BCUT2D eigenvalue weighted by atomic mass is 9.85. The van der Waals surface area contributed by atoms with Crippen LogP contribution in [0.3, 0.4) is 0 Å². The highest BCUT2D eigenvalue weighted by Gasteiger charge is 2.22. The van der Waals surface area contributed by atoms with E-state index < -0.39 is 0 Å². The Bertz CT molecular complexity index is 133. The van der Waals surface area contributed by atoms with Gasteiger partial charge in [0, 0.05) is 17.5 Å². The van der Waals surface area contributed by atoms with Gasteiger partial charge in [-0.1, -0.05) is 27.7 Å². The van der Waals surface area contributed by atoms with Crippen LogP contribution in [0.2, 0.25) is 0 Å². The molecule has 13 heavy (non-hydrogen) atoms. The van der Waals surface area contributed by atoms with E-state index in [0.717, 1.165) is 23.8 Å². The van der Waals surface area contributed by atoms with Crippen molar-refractivity contribution < 1.29 is 0 Å². The van der Waals surface area contributed by atoms with Crippen LogP contribution in [-0.4, -0.2) is 24.1 Å². The van der Waals surface area contributed by atoms with E-state index >= 15 is 0 Å². The molecule has 78 valence electrons. The molecule has 1 rings (SSSR count). The highest BCUT2D eigenvalue weighted by Crippen LogP contribution is 2.22. The highest BCUT2D eigenvalue weighted by molar-refractivity contribution is 8.00. The number of hydrogen-bond donors (Lipinski definition) is 1. The number of rotatable bonds is 5. The van der Waals surface area contributed by atoms with Gasteiger partial charge in [-0.25, -0.2) is 0 Å². The van der Waals surface area contributed by atoms with E-state index in [-0.39, 0.29) is 0 Å². The summed E-state index contributed by atoms with van der Waals surface area (Å²) in [4.78, 5) is 0. The summed E-state index contributed by atoms with van der Waals surface area (Å²) >= 11 is 2.05. The third-order valence-corrected chi connectivity index (χ3v) is 4.27. The van der Waals surface area contributed by atoms with E-state index in [1.165, 1.54) is 18.1 Å². The molecule has 1 N–H and O–H groups in total. The maximum absolute atomic E-state index is 3.66. The lowest BCUT2D eigenvalue weighted by Crippen LogP contribution is -2.44. The number of hydrogen-bond acceptors (Lipinski definition) is 2. The number of nitrogens with one attached hydrogen (secondary N) is 1. The molecular formula is C11H23NS. The summed E-state index contributed by atoms with van der Waals surface area (Å²) in [6.07, 6.45) is 0. The topological polar surface area (TPSA) is 12.0 Å². The zero-order valence-electron chi connectivity index (χ0n) is 9.34. The molecule has 0 radical (unpaired) electrons. The van der Waals surface area contributed by atoms with Crippen molar-refractivity contribution in [2.75, 3.05) is 18.1 Å². The van der Waals surface area contributed by atoms with Crippen LogP contribution < -0.4 is 5.32 Å². The minimum Gasteiger partial charge on any atom is -0.312 e. The summed E-state index contributed by atoms with van der Waals surface area (Å²) in [6.45, 7) is 10.5. The van der Waals surface area contributed by atoms with Gasteiger partial charge in [-0.2, -0.15) is 11.8 Å². The summed E-state index contributed by atoms with van der Waals surface area (Å²) in [5.74, 6) is 5.09. The van der Waals surface area contributed by atoms with E-state index in [0.29, 0.717) is 0 Å². The van der Waals surface area contributed by atoms with Crippen LogP contribution in [0.1, 0.15) is 27.7 Å². The van der Waals surface area contributed by atoms with Crippen molar-refractivity contribution in [2.24, 2.45) is 17.8 Å². The van der Waals surface area contributed by atoms with Gasteiger partial charge in [-0.05, 0) is 24.3 Å². The molecule has 0 spiro atoms. The Kier molecular flexibility index (Phi) is 4.60. The normalized spacial score (nSPS) is 18.7. The first-order chi connectivity index (χ1) is 6.11. The highest BCUT2D eigenvalue weighted by atomic mass is 32.2. The van der Waals surface area contributed by atoms with Gasteiger partial charge in [0.25, 0.3) is 0 Å². The molecule has 0 unspecified atom stereocenters. The van der Waals surface area contributed by atoms with Crippen LogP contribution >= 0.6 is 11.8 Å². The second-order valence-corrected chi connectivity index (χ2v) is 5.87. The van der Waals surface area contributed by atoms with Crippen molar-refractivity contribution in [3.63, 3.8) is 0 Å². The van der Waals surface area contributed by atoms with Crippen molar-refractivity contribution in [1.82, 2.24) is 5.32 Å². The van der Waals surface area contributed by atoms with Crippen molar-refractivity contribution in [3.8, 4) is 0 Å². The first-order valence-corrected chi connectivity index (χ1v) is 6.58. The van der Waals surface area contributed by atoms with Gasteiger partial charge in [-0.3, -0.25) is 0 Å². The average molecular weight is 201 g/mol. The molecule has 0 aromatic rings. The quantitative estimate of drug-likeness (QED) is 0.734. The monoisotopic (exact) mass is 201 g/mol. The summed E-state index contributed by atoms with van der Waals surface area (Å²) in [6, 6.07) is 0.810. The third-order valence-electron chi connectivity index (χ3n) is 2.99. The van der Waals surface area contributed by atoms with Crippen molar-refractivity contribution >= 4 is 11.8 Å². The van der Waals surface area contributed by atoms with Gasteiger partial charge in [0.2, 0.25) is 0 Å². The van der Waals surface area contributed by atoms with E-state index in [1.54, 1.807) is 0 Å². The Morgan fingerprint density at radius 3 is 2.00 bits per heavy atom. The molecule has 0 amide bonds. The largest absolute Gasteiger partial charge is 0.312 e. The predicted octanol–water partition coefficient (Wildman–Crippen LogP) is 2.62. The van der Waals surface area contributed by atoms with Crippen LogP contribution in [0.25, 0.3) is 0 Å². The lowest BCUT2D eigenvalue weighted by molar-refractivity contribution is 0.269. The minimum atomic E-state index is 0.806. The lowest BCUT2D eigenvalue weighted by Gasteiger charge is -2.31. The van der Waals surface area contributed by atoms with Crippen molar-refractivity contribution in [3.05, 3.63) is 0 Å². The fourth-order valence-electron chi connectivity index (χ4n) is 1.90. The summed E-state index contributed by atoms with van der Waals surface area (Å²) in [5.41, 5.74) is 0. The van der Waals surface area contributed by atoms with Crippen LogP contribution in [0.15, 0.2) is 0 Å². The first-order valence-electron chi connectivity index (χ1n) is 5.42. The van der Waals surface area contributed by atoms with Crippen LogP contribution in [0.5, 0.6) is 0 Å². The summed E-state index contributed by atoms with van der Waals surface area (Å²) in [5, 5.41) is 3.66. The second-order valence-electron chi connectivity index (χ2n) is 4.79. The van der Waals surface area contributed by atoms with Gasteiger partial charge in [0.05, 0.1) is 0 Å². The Balaban J connectivity index is 2.21. The minimum absolute atomic E-state index is 0.806. The average Bonchev–Trinajstić information content (AvgIpc) is 1.92. The van der Waals surface area contributed by atoms with E-state index in [9.17, 15) is 0 Å². The summed E-state index contributed by atoms with van der Waals surface area (Å²) < 4.78 is 0. The maximum atomic E-state index is 3.66.